The molecule has 2 amide bonds. The van der Waals surface area contributed by atoms with Crippen LogP contribution >= 0.6 is 0 Å². The van der Waals surface area contributed by atoms with Crippen LogP contribution in [0.4, 0.5) is 0 Å². The predicted octanol–water partition coefficient (Wildman–Crippen LogP) is 2.83. The van der Waals surface area contributed by atoms with Gasteiger partial charge in [-0.25, -0.2) is 0 Å². The third kappa shape index (κ3) is 2.50. The van der Waals surface area contributed by atoms with Crippen LogP contribution in [0.2, 0.25) is 0 Å². The van der Waals surface area contributed by atoms with Gasteiger partial charge < -0.3 is 5.32 Å². The van der Waals surface area contributed by atoms with Crippen molar-refractivity contribution in [2.45, 2.75) is 19.8 Å². The normalized spacial score (nSPS) is 14.0. The van der Waals surface area contributed by atoms with Crippen LogP contribution in [0.3, 0.4) is 0 Å². The Kier molecular flexibility index (Phi) is 4.20. The van der Waals surface area contributed by atoms with E-state index in [9.17, 15) is 9.59 Å². The Balaban J connectivity index is 1.85. The summed E-state index contributed by atoms with van der Waals surface area (Å²) in [6.45, 7) is 4.40. The molecule has 0 fully saturated rings. The highest BCUT2D eigenvalue weighted by Gasteiger charge is 2.31. The maximum Gasteiger partial charge on any atom is 0.261 e. The molecule has 1 aliphatic rings. The molecule has 0 saturated heterocycles. The van der Waals surface area contributed by atoms with Crippen molar-refractivity contribution in [3.8, 4) is 0 Å². The maximum atomic E-state index is 12.6. The third-order valence-electron chi connectivity index (χ3n) is 4.09. The number of hydrogen-bond donors (Lipinski definition) is 1. The van der Waals surface area contributed by atoms with Crippen LogP contribution in [0.5, 0.6) is 0 Å². The quantitative estimate of drug-likeness (QED) is 0.659. The SMILES string of the molecule is CCNCCCCN1C(=O)c2cccc3cccc(c23)C1=O. The topological polar surface area (TPSA) is 49.4 Å². The van der Waals surface area contributed by atoms with Crippen LogP contribution in [0.15, 0.2) is 36.4 Å². The number of rotatable bonds is 6. The molecule has 1 N–H and O–H groups in total. The van der Waals surface area contributed by atoms with Crippen LogP contribution in [0.25, 0.3) is 10.8 Å². The highest BCUT2D eigenvalue weighted by atomic mass is 16.2. The van der Waals surface area contributed by atoms with Gasteiger partial charge in [-0.15, -0.1) is 0 Å². The van der Waals surface area contributed by atoms with Crippen molar-refractivity contribution in [1.82, 2.24) is 10.2 Å². The Morgan fingerprint density at radius 3 is 2.18 bits per heavy atom. The minimum atomic E-state index is -0.169. The minimum Gasteiger partial charge on any atom is -0.317 e. The Bertz CT molecular complexity index is 673. The molecular formula is C18H20N2O2. The molecule has 0 unspecified atom stereocenters. The van der Waals surface area contributed by atoms with Crippen molar-refractivity contribution >= 4 is 22.6 Å². The summed E-state index contributed by atoms with van der Waals surface area (Å²) in [5, 5.41) is 4.99. The maximum absolute atomic E-state index is 12.6. The molecular weight excluding hydrogens is 276 g/mol. The van der Waals surface area contributed by atoms with E-state index in [0.29, 0.717) is 17.7 Å². The average molecular weight is 296 g/mol. The minimum absolute atomic E-state index is 0.169. The summed E-state index contributed by atoms with van der Waals surface area (Å²) in [7, 11) is 0. The van der Waals surface area contributed by atoms with Crippen molar-refractivity contribution in [2.24, 2.45) is 0 Å². The van der Waals surface area contributed by atoms with Gasteiger partial charge in [-0.3, -0.25) is 14.5 Å². The number of amides is 2. The Morgan fingerprint density at radius 2 is 1.59 bits per heavy atom. The van der Waals surface area contributed by atoms with Crippen molar-refractivity contribution in [3.63, 3.8) is 0 Å². The molecule has 2 aromatic carbocycles. The number of nitrogens with zero attached hydrogens (tertiary/aromatic N) is 1. The lowest BCUT2D eigenvalue weighted by Gasteiger charge is -2.27. The molecule has 0 radical (unpaired) electrons. The van der Waals surface area contributed by atoms with Crippen LogP contribution in [0, 0.1) is 0 Å². The van der Waals surface area contributed by atoms with E-state index < -0.39 is 0 Å². The molecule has 0 saturated carbocycles. The second kappa shape index (κ2) is 6.28. The molecule has 3 rings (SSSR count). The number of benzene rings is 2. The van der Waals surface area contributed by atoms with Gasteiger partial charge in [0.05, 0.1) is 0 Å². The summed E-state index contributed by atoms with van der Waals surface area (Å²) in [4.78, 5) is 26.6. The fourth-order valence-corrected chi connectivity index (χ4v) is 2.98. The Hall–Kier alpha value is -2.20. The molecule has 2 aromatic rings. The van der Waals surface area contributed by atoms with E-state index in [1.165, 1.54) is 4.90 Å². The lowest BCUT2D eigenvalue weighted by Crippen LogP contribution is -2.41. The van der Waals surface area contributed by atoms with Gasteiger partial charge in [0.25, 0.3) is 11.8 Å². The van der Waals surface area contributed by atoms with Crippen molar-refractivity contribution in [2.75, 3.05) is 19.6 Å². The second-order valence-corrected chi connectivity index (χ2v) is 5.53. The molecule has 4 heteroatoms. The van der Waals surface area contributed by atoms with Gasteiger partial charge in [0, 0.05) is 23.1 Å². The first-order valence-corrected chi connectivity index (χ1v) is 7.82. The van der Waals surface area contributed by atoms with Gasteiger partial charge in [0.2, 0.25) is 0 Å². The van der Waals surface area contributed by atoms with Gasteiger partial charge in [-0.1, -0.05) is 31.2 Å². The molecule has 114 valence electrons. The van der Waals surface area contributed by atoms with Gasteiger partial charge in [-0.05, 0) is 43.5 Å². The molecule has 1 heterocycles. The average Bonchev–Trinajstić information content (AvgIpc) is 2.55. The van der Waals surface area contributed by atoms with Gasteiger partial charge in [-0.2, -0.15) is 0 Å². The highest BCUT2D eigenvalue weighted by molar-refractivity contribution is 6.25. The van der Waals surface area contributed by atoms with Crippen molar-refractivity contribution in [1.29, 1.82) is 0 Å². The number of imide groups is 1. The summed E-state index contributed by atoms with van der Waals surface area (Å²) in [6.07, 6.45) is 1.78. The van der Waals surface area contributed by atoms with Crippen LogP contribution in [0.1, 0.15) is 40.5 Å². The smallest absolute Gasteiger partial charge is 0.261 e. The highest BCUT2D eigenvalue weighted by Crippen LogP contribution is 2.29. The summed E-state index contributed by atoms with van der Waals surface area (Å²) in [6, 6.07) is 11.2. The number of carbonyl (C=O) groups is 2. The lowest BCUT2D eigenvalue weighted by molar-refractivity contribution is 0.0608. The van der Waals surface area contributed by atoms with Crippen molar-refractivity contribution < 1.29 is 9.59 Å². The van der Waals surface area contributed by atoms with E-state index in [2.05, 4.69) is 12.2 Å². The Morgan fingerprint density at radius 1 is 0.955 bits per heavy atom. The van der Waals surface area contributed by atoms with Gasteiger partial charge in [0.15, 0.2) is 0 Å². The zero-order chi connectivity index (χ0) is 15.5. The monoisotopic (exact) mass is 296 g/mol. The summed E-state index contributed by atoms with van der Waals surface area (Å²) >= 11 is 0. The third-order valence-corrected chi connectivity index (χ3v) is 4.09. The van der Waals surface area contributed by atoms with Crippen LogP contribution in [-0.4, -0.2) is 36.3 Å². The number of unbranched alkanes of at least 4 members (excludes halogenated alkanes) is 1. The first-order valence-electron chi connectivity index (χ1n) is 7.82. The molecule has 22 heavy (non-hydrogen) atoms. The Labute approximate surface area is 130 Å². The summed E-state index contributed by atoms with van der Waals surface area (Å²) in [5.41, 5.74) is 1.28. The van der Waals surface area contributed by atoms with Gasteiger partial charge >= 0.3 is 0 Å². The molecule has 0 aliphatic carbocycles. The first kappa shape index (κ1) is 14.7. The fourth-order valence-electron chi connectivity index (χ4n) is 2.98. The van der Waals surface area contributed by atoms with Crippen molar-refractivity contribution in [3.05, 3.63) is 47.5 Å². The zero-order valence-electron chi connectivity index (χ0n) is 12.8. The fraction of sp³-hybridized carbons (Fsp3) is 0.333. The second-order valence-electron chi connectivity index (χ2n) is 5.53. The molecule has 1 aliphatic heterocycles. The summed E-state index contributed by atoms with van der Waals surface area (Å²) < 4.78 is 0. The number of carbonyl (C=O) groups excluding carboxylic acids is 2. The van der Waals surface area contributed by atoms with E-state index in [-0.39, 0.29) is 11.8 Å². The van der Waals surface area contributed by atoms with Gasteiger partial charge in [0.1, 0.15) is 0 Å². The van der Waals surface area contributed by atoms with E-state index >= 15 is 0 Å². The van der Waals surface area contributed by atoms with E-state index in [4.69, 9.17) is 0 Å². The molecule has 0 atom stereocenters. The largest absolute Gasteiger partial charge is 0.317 e. The molecule has 0 bridgehead atoms. The number of nitrogens with one attached hydrogen (secondary N) is 1. The molecule has 4 nitrogen and oxygen atoms in total. The molecule has 0 spiro atoms. The standard InChI is InChI=1S/C18H20N2O2/c1-2-19-11-3-4-12-20-17(21)14-9-5-7-13-8-6-10-15(16(13)14)18(20)22/h5-10,19H,2-4,11-12H2,1H3. The number of hydrogen-bond acceptors (Lipinski definition) is 3. The van der Waals surface area contributed by atoms with E-state index in [1.54, 1.807) is 0 Å². The lowest BCUT2D eigenvalue weighted by atomic mass is 9.94. The summed E-state index contributed by atoms with van der Waals surface area (Å²) in [5.74, 6) is -0.337. The van der Waals surface area contributed by atoms with Crippen LogP contribution in [-0.2, 0) is 0 Å². The predicted molar refractivity (Wildman–Crippen MR) is 87.1 cm³/mol. The van der Waals surface area contributed by atoms with Crippen LogP contribution < -0.4 is 5.32 Å². The molecule has 0 aromatic heterocycles. The van der Waals surface area contributed by atoms with E-state index in [1.807, 2.05) is 36.4 Å². The van der Waals surface area contributed by atoms with E-state index in [0.717, 1.165) is 36.7 Å². The zero-order valence-corrected chi connectivity index (χ0v) is 12.8. The first-order chi connectivity index (χ1) is 10.7.